The minimum atomic E-state index is 0. The van der Waals surface area contributed by atoms with Crippen molar-refractivity contribution in [3.8, 4) is 0 Å². The second-order valence-electron chi connectivity index (χ2n) is 0.835. The molecule has 0 aliphatic heterocycles. The number of thioether (sulfide) groups is 1. The number of rotatable bonds is 1. The summed E-state index contributed by atoms with van der Waals surface area (Å²) in [7, 11) is 0. The summed E-state index contributed by atoms with van der Waals surface area (Å²) in [5.41, 5.74) is 0. The van der Waals surface area contributed by atoms with Crippen molar-refractivity contribution in [3.63, 3.8) is 0 Å². The fourth-order valence-electron chi connectivity index (χ4n) is 0. The van der Waals surface area contributed by atoms with E-state index < -0.39 is 0 Å². The van der Waals surface area contributed by atoms with Gasteiger partial charge in [-0.2, -0.15) is 24.4 Å². The molecule has 1 atom stereocenters. The Morgan fingerprint density at radius 3 is 1.83 bits per heavy atom. The molecule has 0 heterocycles. The van der Waals surface area contributed by atoms with Crippen LogP contribution in [-0.4, -0.2) is 40.4 Å². The molecule has 0 radical (unpaired) electrons. The van der Waals surface area contributed by atoms with Gasteiger partial charge in [-0.1, -0.05) is 0 Å². The van der Waals surface area contributed by atoms with Gasteiger partial charge < -0.3 is 0 Å². The predicted molar refractivity (Wildman–Crippen MR) is 39.1 cm³/mol. The summed E-state index contributed by atoms with van der Waals surface area (Å²) in [5, 5.41) is 0. The van der Waals surface area contributed by atoms with Crippen molar-refractivity contribution in [1.82, 2.24) is 0 Å². The molecule has 0 fully saturated rings. The Balaban J connectivity index is 0. The first kappa shape index (κ1) is 10.6. The maximum atomic E-state index is 4.06. The van der Waals surface area contributed by atoms with Crippen LogP contribution in [0.2, 0.25) is 0 Å². The van der Waals surface area contributed by atoms with Gasteiger partial charge in [-0.3, -0.25) is 0 Å². The molecule has 0 aromatic rings. The van der Waals surface area contributed by atoms with E-state index in [4.69, 9.17) is 0 Å². The quantitative estimate of drug-likeness (QED) is 0.315. The predicted octanol–water partition coefficient (Wildman–Crippen LogP) is 0.977. The van der Waals surface area contributed by atoms with Crippen molar-refractivity contribution >= 4 is 53.9 Å². The Labute approximate surface area is 71.2 Å². The molecule has 0 aliphatic carbocycles. The van der Waals surface area contributed by atoms with E-state index in [1.165, 1.54) is 0 Å². The summed E-state index contributed by atoms with van der Waals surface area (Å²) in [5.74, 6) is 0. The molecule has 0 aromatic heterocycles. The monoisotopic (exact) mass is 132 g/mol. The van der Waals surface area contributed by atoms with Gasteiger partial charge in [0, 0.05) is 4.58 Å². The van der Waals surface area contributed by atoms with Crippen LogP contribution < -0.4 is 0 Å². The van der Waals surface area contributed by atoms with E-state index in [1.54, 1.807) is 11.8 Å². The zero-order valence-electron chi connectivity index (χ0n) is 3.43. The topological polar surface area (TPSA) is 0 Å². The standard InChI is InChI=1S/C3H8S2.Na.H/c1-3(4)5-2;;/h3-4H,1-2H3;;. The Bertz CT molecular complexity index is 22.8. The Morgan fingerprint density at radius 1 is 1.67 bits per heavy atom. The van der Waals surface area contributed by atoms with E-state index in [2.05, 4.69) is 12.6 Å². The first-order valence-electron chi connectivity index (χ1n) is 1.48. The van der Waals surface area contributed by atoms with Crippen LogP contribution in [0.1, 0.15) is 6.92 Å². The van der Waals surface area contributed by atoms with Crippen LogP contribution in [0.5, 0.6) is 0 Å². The summed E-state index contributed by atoms with van der Waals surface area (Å²) in [6.45, 7) is 2.05. The van der Waals surface area contributed by atoms with Crippen LogP contribution >= 0.6 is 24.4 Å². The fourth-order valence-corrected chi connectivity index (χ4v) is 0. The fraction of sp³-hybridized carbons (Fsp3) is 1.00. The van der Waals surface area contributed by atoms with Crippen LogP contribution in [-0.2, 0) is 0 Å². The molecule has 0 nitrogen and oxygen atoms in total. The van der Waals surface area contributed by atoms with Crippen LogP contribution in [0.15, 0.2) is 0 Å². The number of hydrogen-bond acceptors (Lipinski definition) is 2. The third kappa shape index (κ3) is 9.20. The first-order valence-corrected chi connectivity index (χ1v) is 3.28. The van der Waals surface area contributed by atoms with E-state index in [0.29, 0.717) is 4.58 Å². The van der Waals surface area contributed by atoms with Gasteiger partial charge in [0.1, 0.15) is 0 Å². The van der Waals surface area contributed by atoms with Gasteiger partial charge in [-0.15, -0.1) is 0 Å². The summed E-state index contributed by atoms with van der Waals surface area (Å²) < 4.78 is 0.495. The summed E-state index contributed by atoms with van der Waals surface area (Å²) in [4.78, 5) is 0. The molecule has 6 heavy (non-hydrogen) atoms. The molecule has 0 saturated carbocycles. The summed E-state index contributed by atoms with van der Waals surface area (Å²) >= 11 is 5.80. The molecule has 3 heteroatoms. The molecular weight excluding hydrogens is 123 g/mol. The zero-order chi connectivity index (χ0) is 4.28. The van der Waals surface area contributed by atoms with E-state index in [1.807, 2.05) is 13.2 Å². The van der Waals surface area contributed by atoms with E-state index in [0.717, 1.165) is 0 Å². The Kier molecular flexibility index (Phi) is 11.9. The normalized spacial score (nSPS) is 12.5. The molecule has 0 N–H and O–H groups in total. The van der Waals surface area contributed by atoms with E-state index in [9.17, 15) is 0 Å². The third-order valence-electron chi connectivity index (χ3n) is 0.341. The number of thiol groups is 1. The molecule has 0 aliphatic rings. The van der Waals surface area contributed by atoms with Crippen molar-refractivity contribution in [2.24, 2.45) is 0 Å². The molecule has 0 spiro atoms. The average molecular weight is 132 g/mol. The maximum absolute atomic E-state index is 4.06. The van der Waals surface area contributed by atoms with Crippen LogP contribution in [0, 0.1) is 0 Å². The first-order chi connectivity index (χ1) is 2.27. The summed E-state index contributed by atoms with van der Waals surface area (Å²) in [6, 6.07) is 0. The molecular formula is C3H9NaS2. The van der Waals surface area contributed by atoms with Crippen molar-refractivity contribution in [1.29, 1.82) is 0 Å². The third-order valence-corrected chi connectivity index (χ3v) is 1.66. The second kappa shape index (κ2) is 6.70. The van der Waals surface area contributed by atoms with Crippen LogP contribution in [0.3, 0.4) is 0 Å². The Hall–Kier alpha value is 1.70. The van der Waals surface area contributed by atoms with Gasteiger partial charge in [0.25, 0.3) is 0 Å². The van der Waals surface area contributed by atoms with Crippen molar-refractivity contribution in [3.05, 3.63) is 0 Å². The van der Waals surface area contributed by atoms with E-state index in [-0.39, 0.29) is 29.6 Å². The second-order valence-corrected chi connectivity index (χ2v) is 3.14. The molecule has 0 bridgehead atoms. The molecule has 1 unspecified atom stereocenters. The van der Waals surface area contributed by atoms with Gasteiger partial charge in [0.2, 0.25) is 0 Å². The minimum absolute atomic E-state index is 0. The van der Waals surface area contributed by atoms with Gasteiger partial charge in [0.05, 0.1) is 0 Å². The molecule has 34 valence electrons. The van der Waals surface area contributed by atoms with Crippen LogP contribution in [0.25, 0.3) is 0 Å². The zero-order valence-corrected chi connectivity index (χ0v) is 5.14. The van der Waals surface area contributed by atoms with Crippen LogP contribution in [0.4, 0.5) is 0 Å². The Morgan fingerprint density at radius 2 is 1.83 bits per heavy atom. The van der Waals surface area contributed by atoms with Gasteiger partial charge >= 0.3 is 29.6 Å². The number of hydrogen-bond donors (Lipinski definition) is 1. The van der Waals surface area contributed by atoms with Gasteiger partial charge in [-0.25, -0.2) is 0 Å². The molecule has 0 amide bonds. The van der Waals surface area contributed by atoms with Crippen molar-refractivity contribution < 1.29 is 0 Å². The van der Waals surface area contributed by atoms with Crippen molar-refractivity contribution in [2.45, 2.75) is 11.5 Å². The van der Waals surface area contributed by atoms with Gasteiger partial charge in [0.15, 0.2) is 0 Å². The van der Waals surface area contributed by atoms with Crippen molar-refractivity contribution in [2.75, 3.05) is 6.26 Å². The van der Waals surface area contributed by atoms with Gasteiger partial charge in [-0.05, 0) is 13.2 Å². The van der Waals surface area contributed by atoms with E-state index >= 15 is 0 Å². The molecule has 0 rings (SSSR count). The average Bonchev–Trinajstić information content (AvgIpc) is 1.38. The summed E-state index contributed by atoms with van der Waals surface area (Å²) in [6.07, 6.45) is 2.04. The molecule has 0 aromatic carbocycles. The molecule has 0 saturated heterocycles. The SMILES string of the molecule is CSC(C)S.[NaH].